The number of rotatable bonds is 5. The van der Waals surface area contributed by atoms with Gasteiger partial charge in [-0.1, -0.05) is 0 Å². The smallest absolute Gasteiger partial charge is 0.163 e. The number of methoxy groups -OCH3 is 1. The maximum absolute atomic E-state index is 5.15. The molecule has 0 saturated carbocycles. The zero-order chi connectivity index (χ0) is 8.85. The largest absolute Gasteiger partial charge is 0.353 e. The van der Waals surface area contributed by atoms with Crippen LogP contribution >= 0.6 is 0 Å². The van der Waals surface area contributed by atoms with Gasteiger partial charge in [-0.2, -0.15) is 0 Å². The lowest BCUT2D eigenvalue weighted by Gasteiger charge is -2.22. The van der Waals surface area contributed by atoms with E-state index in [1.807, 2.05) is 0 Å². The van der Waals surface area contributed by atoms with Gasteiger partial charge in [0.05, 0.1) is 0 Å². The molecule has 0 amide bonds. The molecule has 2 N–H and O–H groups in total. The molecule has 0 fully saturated rings. The fourth-order valence-electron chi connectivity index (χ4n) is 0.790. The molecule has 0 aromatic rings. The minimum Gasteiger partial charge on any atom is -0.353 e. The van der Waals surface area contributed by atoms with E-state index in [0.717, 1.165) is 0 Å². The summed E-state index contributed by atoms with van der Waals surface area (Å²) in [4.78, 5) is 0. The van der Waals surface area contributed by atoms with Crippen LogP contribution in [0.25, 0.3) is 0 Å². The summed E-state index contributed by atoms with van der Waals surface area (Å²) in [5.74, 6) is 0. The van der Waals surface area contributed by atoms with Gasteiger partial charge in [0.25, 0.3) is 0 Å². The van der Waals surface area contributed by atoms with Crippen molar-refractivity contribution < 1.29 is 4.74 Å². The van der Waals surface area contributed by atoms with E-state index in [9.17, 15) is 0 Å². The van der Waals surface area contributed by atoms with Gasteiger partial charge in [0.15, 0.2) is 6.35 Å². The van der Waals surface area contributed by atoms with Gasteiger partial charge in [-0.05, 0) is 27.7 Å². The zero-order valence-electron chi connectivity index (χ0n) is 8.14. The molecule has 0 unspecified atom stereocenters. The fraction of sp³-hybridized carbons (Fsp3) is 1.00. The van der Waals surface area contributed by atoms with E-state index in [-0.39, 0.29) is 6.35 Å². The number of nitrogens with one attached hydrogen (secondary N) is 2. The molecule has 0 spiro atoms. The average molecular weight is 160 g/mol. The molecule has 0 rings (SSSR count). The van der Waals surface area contributed by atoms with Gasteiger partial charge >= 0.3 is 0 Å². The van der Waals surface area contributed by atoms with Crippen molar-refractivity contribution in [3.63, 3.8) is 0 Å². The third-order valence-corrected chi connectivity index (χ3v) is 1.21. The second kappa shape index (κ2) is 5.52. The van der Waals surface area contributed by atoms with Crippen LogP contribution in [-0.2, 0) is 4.74 Å². The minimum absolute atomic E-state index is 0.0324. The highest BCUT2D eigenvalue weighted by atomic mass is 16.5. The van der Waals surface area contributed by atoms with Crippen molar-refractivity contribution in [3.8, 4) is 0 Å². The molecule has 3 heteroatoms. The van der Waals surface area contributed by atoms with E-state index in [1.54, 1.807) is 7.11 Å². The van der Waals surface area contributed by atoms with Crippen LogP contribution in [0.4, 0.5) is 0 Å². The summed E-state index contributed by atoms with van der Waals surface area (Å²) in [6.45, 7) is 8.37. The maximum Gasteiger partial charge on any atom is 0.163 e. The zero-order valence-corrected chi connectivity index (χ0v) is 8.14. The second-order valence-electron chi connectivity index (χ2n) is 3.26. The summed E-state index contributed by atoms with van der Waals surface area (Å²) in [6.07, 6.45) is -0.0324. The summed E-state index contributed by atoms with van der Waals surface area (Å²) < 4.78 is 5.15. The molecular weight excluding hydrogens is 140 g/mol. The van der Waals surface area contributed by atoms with Crippen LogP contribution in [0.5, 0.6) is 0 Å². The van der Waals surface area contributed by atoms with Gasteiger partial charge in [0, 0.05) is 19.2 Å². The highest BCUT2D eigenvalue weighted by Gasteiger charge is 2.07. The first kappa shape index (κ1) is 10.9. The van der Waals surface area contributed by atoms with Crippen molar-refractivity contribution in [2.45, 2.75) is 46.1 Å². The van der Waals surface area contributed by atoms with Crippen molar-refractivity contribution in [2.75, 3.05) is 7.11 Å². The number of ether oxygens (including phenoxy) is 1. The van der Waals surface area contributed by atoms with E-state index in [0.29, 0.717) is 12.1 Å². The average Bonchev–Trinajstić information content (AvgIpc) is 1.84. The van der Waals surface area contributed by atoms with Gasteiger partial charge in [0.2, 0.25) is 0 Å². The summed E-state index contributed by atoms with van der Waals surface area (Å²) in [5, 5.41) is 6.46. The van der Waals surface area contributed by atoms with Crippen LogP contribution in [0.15, 0.2) is 0 Å². The molecule has 0 aromatic heterocycles. The third kappa shape index (κ3) is 6.28. The highest BCUT2D eigenvalue weighted by Crippen LogP contribution is 1.87. The highest BCUT2D eigenvalue weighted by molar-refractivity contribution is 4.60. The predicted molar refractivity (Wildman–Crippen MR) is 47.3 cm³/mol. The van der Waals surface area contributed by atoms with Gasteiger partial charge in [-0.25, -0.2) is 0 Å². The molecule has 0 saturated heterocycles. The lowest BCUT2D eigenvalue weighted by atomic mass is 10.4. The SMILES string of the molecule is COC(NC(C)C)NC(C)C. The maximum atomic E-state index is 5.15. The molecule has 0 radical (unpaired) electrons. The van der Waals surface area contributed by atoms with Crippen molar-refractivity contribution in [1.82, 2.24) is 10.6 Å². The Bertz CT molecular complexity index is 84.1. The van der Waals surface area contributed by atoms with E-state index in [1.165, 1.54) is 0 Å². The normalized spacial score (nSPS) is 12.0. The van der Waals surface area contributed by atoms with E-state index in [2.05, 4.69) is 38.3 Å². The Morgan fingerprint density at radius 2 is 1.27 bits per heavy atom. The Labute approximate surface area is 69.5 Å². The Morgan fingerprint density at radius 1 is 0.909 bits per heavy atom. The van der Waals surface area contributed by atoms with Crippen molar-refractivity contribution in [2.24, 2.45) is 0 Å². The van der Waals surface area contributed by atoms with Gasteiger partial charge in [-0.15, -0.1) is 0 Å². The predicted octanol–water partition coefficient (Wildman–Crippen LogP) is 0.912. The summed E-state index contributed by atoms with van der Waals surface area (Å²) in [6, 6.07) is 0.873. The second-order valence-corrected chi connectivity index (χ2v) is 3.26. The molecule has 0 aliphatic heterocycles. The summed E-state index contributed by atoms with van der Waals surface area (Å²) in [7, 11) is 1.69. The Morgan fingerprint density at radius 3 is 1.45 bits per heavy atom. The molecule has 0 atom stereocenters. The van der Waals surface area contributed by atoms with Crippen LogP contribution < -0.4 is 10.6 Å². The molecule has 0 bridgehead atoms. The minimum atomic E-state index is -0.0324. The third-order valence-electron chi connectivity index (χ3n) is 1.21. The molecule has 11 heavy (non-hydrogen) atoms. The van der Waals surface area contributed by atoms with E-state index in [4.69, 9.17) is 4.74 Å². The summed E-state index contributed by atoms with van der Waals surface area (Å²) in [5.41, 5.74) is 0. The topological polar surface area (TPSA) is 33.3 Å². The first-order valence-corrected chi connectivity index (χ1v) is 4.11. The van der Waals surface area contributed by atoms with Gasteiger partial charge < -0.3 is 4.74 Å². The van der Waals surface area contributed by atoms with Crippen LogP contribution in [0.2, 0.25) is 0 Å². The number of hydrogen-bond acceptors (Lipinski definition) is 3. The lowest BCUT2D eigenvalue weighted by Crippen LogP contribution is -2.49. The van der Waals surface area contributed by atoms with E-state index >= 15 is 0 Å². The van der Waals surface area contributed by atoms with Crippen LogP contribution in [0.3, 0.4) is 0 Å². The van der Waals surface area contributed by atoms with Crippen LogP contribution in [-0.4, -0.2) is 25.5 Å². The fourth-order valence-corrected chi connectivity index (χ4v) is 0.790. The van der Waals surface area contributed by atoms with Crippen molar-refractivity contribution in [3.05, 3.63) is 0 Å². The monoisotopic (exact) mass is 160 g/mol. The van der Waals surface area contributed by atoms with Crippen molar-refractivity contribution >= 4 is 0 Å². The standard InChI is InChI=1S/C8H20N2O/c1-6(2)9-8(11-5)10-7(3)4/h6-10H,1-5H3. The van der Waals surface area contributed by atoms with Crippen LogP contribution in [0, 0.1) is 0 Å². The van der Waals surface area contributed by atoms with Gasteiger partial charge in [-0.3, -0.25) is 10.6 Å². The first-order valence-electron chi connectivity index (χ1n) is 4.11. The molecule has 0 aliphatic carbocycles. The molecule has 68 valence electrons. The number of hydrogen-bond donors (Lipinski definition) is 2. The van der Waals surface area contributed by atoms with Gasteiger partial charge in [0.1, 0.15) is 0 Å². The Kier molecular flexibility index (Phi) is 5.46. The first-order chi connectivity index (χ1) is 5.06. The quantitative estimate of drug-likeness (QED) is 0.587. The molecule has 0 heterocycles. The summed E-state index contributed by atoms with van der Waals surface area (Å²) >= 11 is 0. The van der Waals surface area contributed by atoms with Crippen molar-refractivity contribution in [1.29, 1.82) is 0 Å². The molecular formula is C8H20N2O. The molecule has 3 nitrogen and oxygen atoms in total. The molecule has 0 aliphatic rings. The lowest BCUT2D eigenvalue weighted by molar-refractivity contribution is 0.0329. The Balaban J connectivity index is 3.58. The Hall–Kier alpha value is -0.120. The van der Waals surface area contributed by atoms with Crippen LogP contribution in [0.1, 0.15) is 27.7 Å². The van der Waals surface area contributed by atoms with E-state index < -0.39 is 0 Å². The molecule has 0 aromatic carbocycles.